The van der Waals surface area contributed by atoms with Crippen molar-refractivity contribution in [2.45, 2.75) is 46.6 Å². The zero-order valence-electron chi connectivity index (χ0n) is 15.9. The van der Waals surface area contributed by atoms with E-state index in [9.17, 15) is 14.4 Å². The molecule has 0 aromatic carbocycles. The van der Waals surface area contributed by atoms with E-state index in [0.717, 1.165) is 23.3 Å². The second-order valence-corrected chi connectivity index (χ2v) is 7.24. The Morgan fingerprint density at radius 3 is 2.67 bits per heavy atom. The number of carbonyl (C=O) groups excluding carboxylic acids is 1. The molecule has 2 aromatic rings. The predicted octanol–water partition coefficient (Wildman–Crippen LogP) is 2.75. The van der Waals surface area contributed by atoms with E-state index in [1.807, 2.05) is 32.2 Å². The van der Waals surface area contributed by atoms with Crippen LogP contribution in [-0.2, 0) is 11.3 Å². The summed E-state index contributed by atoms with van der Waals surface area (Å²) >= 11 is 1.54. The highest BCUT2D eigenvalue weighted by atomic mass is 32.1. The van der Waals surface area contributed by atoms with E-state index in [1.165, 1.54) is 26.9 Å². The third kappa shape index (κ3) is 4.77. The monoisotopic (exact) mass is 390 g/mol. The van der Waals surface area contributed by atoms with Gasteiger partial charge >= 0.3 is 5.69 Å². The first kappa shape index (κ1) is 20.7. The summed E-state index contributed by atoms with van der Waals surface area (Å²) in [6.45, 7) is 6.59. The third-order valence-electron chi connectivity index (χ3n) is 4.21. The molecule has 0 saturated carbocycles. The van der Waals surface area contributed by atoms with Gasteiger partial charge in [0.05, 0.1) is 0 Å². The number of hydrogen-bond donors (Lipinski definition) is 2. The fourth-order valence-electron chi connectivity index (χ4n) is 2.72. The molecule has 0 fully saturated rings. The van der Waals surface area contributed by atoms with E-state index in [0.29, 0.717) is 19.5 Å². The Bertz CT molecular complexity index is 939. The molecule has 1 amide bonds. The molecule has 0 unspecified atom stereocenters. The molecule has 0 bridgehead atoms. The van der Waals surface area contributed by atoms with Crippen molar-refractivity contribution in [2.24, 2.45) is 0 Å². The van der Waals surface area contributed by atoms with Crippen LogP contribution in [0.2, 0.25) is 0 Å². The molecule has 7 nitrogen and oxygen atoms in total. The summed E-state index contributed by atoms with van der Waals surface area (Å²) in [6.07, 6.45) is 5.44. The minimum atomic E-state index is -0.646. The maximum absolute atomic E-state index is 12.8. The second kappa shape index (κ2) is 9.36. The number of H-pyrrole nitrogens is 1. The average molecular weight is 391 g/mol. The van der Waals surface area contributed by atoms with Crippen molar-refractivity contribution in [1.82, 2.24) is 9.55 Å². The summed E-state index contributed by atoms with van der Waals surface area (Å²) in [5, 5.41) is 1.95. The van der Waals surface area contributed by atoms with Crippen molar-refractivity contribution in [3.05, 3.63) is 48.8 Å². The Balaban J connectivity index is 2.45. The van der Waals surface area contributed by atoms with Gasteiger partial charge in [0.15, 0.2) is 5.69 Å². The summed E-state index contributed by atoms with van der Waals surface area (Å²) < 4.78 is 1.32. The van der Waals surface area contributed by atoms with Gasteiger partial charge < -0.3 is 10.6 Å². The fourth-order valence-corrected chi connectivity index (χ4v) is 3.54. The van der Waals surface area contributed by atoms with Gasteiger partial charge in [0.2, 0.25) is 0 Å². The lowest BCUT2D eigenvalue weighted by molar-refractivity contribution is -0.114. The normalized spacial score (nSPS) is 11.2. The summed E-state index contributed by atoms with van der Waals surface area (Å²) in [5.74, 6) is -0.317. The van der Waals surface area contributed by atoms with Gasteiger partial charge in [-0.05, 0) is 42.9 Å². The number of unbranched alkanes of at least 4 members (excludes halogenated alkanes) is 1. The van der Waals surface area contributed by atoms with Gasteiger partial charge in [0.25, 0.3) is 11.5 Å². The third-order valence-corrected chi connectivity index (χ3v) is 5.20. The quantitative estimate of drug-likeness (QED) is 0.677. The molecule has 0 saturated heterocycles. The standard InChI is InChI=1S/C19H26N4O3S/c1-4-6-11-23-17(20)16(18(25)21-19(23)26)22(10-5-2)15(24)8-7-14-13(3)9-12-27-14/h7-9,12H,4-6,10-11,20H2,1-3H3,(H,21,25,26). The van der Waals surface area contributed by atoms with Crippen LogP contribution in [-0.4, -0.2) is 22.0 Å². The number of rotatable bonds is 8. The van der Waals surface area contributed by atoms with Gasteiger partial charge in [-0.2, -0.15) is 0 Å². The Labute approximate surface area is 162 Å². The van der Waals surface area contributed by atoms with Crippen molar-refractivity contribution in [3.63, 3.8) is 0 Å². The summed E-state index contributed by atoms with van der Waals surface area (Å²) in [4.78, 5) is 41.9. The van der Waals surface area contributed by atoms with Gasteiger partial charge in [0.1, 0.15) is 5.82 Å². The summed E-state index contributed by atoms with van der Waals surface area (Å²) in [6, 6.07) is 1.98. The van der Waals surface area contributed by atoms with Gasteiger partial charge in [-0.25, -0.2) is 4.79 Å². The Morgan fingerprint density at radius 1 is 1.33 bits per heavy atom. The average Bonchev–Trinajstić information content (AvgIpc) is 3.03. The highest BCUT2D eigenvalue weighted by Gasteiger charge is 2.22. The molecule has 146 valence electrons. The van der Waals surface area contributed by atoms with Gasteiger partial charge in [0, 0.05) is 24.0 Å². The van der Waals surface area contributed by atoms with E-state index in [1.54, 1.807) is 6.08 Å². The molecule has 2 rings (SSSR count). The van der Waals surface area contributed by atoms with Crippen LogP contribution in [0.25, 0.3) is 6.08 Å². The van der Waals surface area contributed by atoms with E-state index < -0.39 is 11.2 Å². The molecule has 8 heteroatoms. The number of nitrogen functional groups attached to an aromatic ring is 1. The van der Waals surface area contributed by atoms with Crippen molar-refractivity contribution < 1.29 is 4.79 Å². The minimum Gasteiger partial charge on any atom is -0.383 e. The highest BCUT2D eigenvalue weighted by Crippen LogP contribution is 2.20. The minimum absolute atomic E-state index is 0.0275. The SMILES string of the molecule is CCCCn1c(N)c(N(CCC)C(=O)C=Cc2sccc2C)c(=O)[nH]c1=O. The number of nitrogens with two attached hydrogens (primary N) is 1. The molecular weight excluding hydrogens is 364 g/mol. The molecule has 0 aliphatic carbocycles. The van der Waals surface area contributed by atoms with E-state index in [4.69, 9.17) is 5.73 Å². The topological polar surface area (TPSA) is 101 Å². The number of amides is 1. The number of aryl methyl sites for hydroxylation is 1. The van der Waals surface area contributed by atoms with E-state index in [2.05, 4.69) is 4.98 Å². The predicted molar refractivity (Wildman–Crippen MR) is 111 cm³/mol. The first-order valence-electron chi connectivity index (χ1n) is 9.06. The van der Waals surface area contributed by atoms with Crippen LogP contribution in [0.3, 0.4) is 0 Å². The smallest absolute Gasteiger partial charge is 0.330 e. The van der Waals surface area contributed by atoms with Crippen LogP contribution in [0.4, 0.5) is 11.5 Å². The first-order chi connectivity index (χ1) is 12.9. The summed E-state index contributed by atoms with van der Waals surface area (Å²) in [7, 11) is 0. The van der Waals surface area contributed by atoms with Gasteiger partial charge in [-0.3, -0.25) is 19.1 Å². The van der Waals surface area contributed by atoms with Gasteiger partial charge in [-0.1, -0.05) is 20.3 Å². The van der Waals surface area contributed by atoms with Crippen molar-refractivity contribution >= 4 is 34.8 Å². The van der Waals surface area contributed by atoms with E-state index in [-0.39, 0.29) is 17.4 Å². The molecule has 0 spiro atoms. The second-order valence-electron chi connectivity index (χ2n) is 6.29. The number of thiophene rings is 1. The van der Waals surface area contributed by atoms with Gasteiger partial charge in [-0.15, -0.1) is 11.3 Å². The number of aromatic amines is 1. The molecule has 3 N–H and O–H groups in total. The number of nitrogens with one attached hydrogen (secondary N) is 1. The van der Waals surface area contributed by atoms with Crippen molar-refractivity contribution in [3.8, 4) is 0 Å². The number of hydrogen-bond acceptors (Lipinski definition) is 5. The molecule has 27 heavy (non-hydrogen) atoms. The van der Waals surface area contributed by atoms with Crippen molar-refractivity contribution in [2.75, 3.05) is 17.2 Å². The lowest BCUT2D eigenvalue weighted by Gasteiger charge is -2.23. The Morgan fingerprint density at radius 2 is 2.07 bits per heavy atom. The highest BCUT2D eigenvalue weighted by molar-refractivity contribution is 7.11. The maximum Gasteiger partial charge on any atom is 0.330 e. The molecule has 0 aliphatic rings. The first-order valence-corrected chi connectivity index (χ1v) is 9.94. The molecule has 0 atom stereocenters. The van der Waals surface area contributed by atoms with Crippen LogP contribution in [0, 0.1) is 6.92 Å². The maximum atomic E-state index is 12.8. The fraction of sp³-hybridized carbons (Fsp3) is 0.421. The zero-order valence-corrected chi connectivity index (χ0v) is 16.8. The largest absolute Gasteiger partial charge is 0.383 e. The van der Waals surface area contributed by atoms with Crippen LogP contribution < -0.4 is 21.9 Å². The number of anilines is 2. The van der Waals surface area contributed by atoms with E-state index >= 15 is 0 Å². The molecular formula is C19H26N4O3S. The van der Waals surface area contributed by atoms with Crippen LogP contribution in [0.1, 0.15) is 43.6 Å². The number of carbonyl (C=O) groups is 1. The lowest BCUT2D eigenvalue weighted by Crippen LogP contribution is -2.41. The summed E-state index contributed by atoms with van der Waals surface area (Å²) in [5.41, 5.74) is 6.05. The zero-order chi connectivity index (χ0) is 20.0. The molecule has 2 aromatic heterocycles. The molecule has 0 radical (unpaired) electrons. The molecule has 2 heterocycles. The van der Waals surface area contributed by atoms with Crippen LogP contribution in [0.5, 0.6) is 0 Å². The number of aromatic nitrogens is 2. The Hall–Kier alpha value is -2.61. The van der Waals surface area contributed by atoms with Crippen LogP contribution >= 0.6 is 11.3 Å². The Kier molecular flexibility index (Phi) is 7.18. The van der Waals surface area contributed by atoms with Crippen LogP contribution in [0.15, 0.2) is 27.1 Å². The number of nitrogens with zero attached hydrogens (tertiary/aromatic N) is 2. The lowest BCUT2D eigenvalue weighted by atomic mass is 10.2. The molecule has 0 aliphatic heterocycles. The van der Waals surface area contributed by atoms with Crippen molar-refractivity contribution in [1.29, 1.82) is 0 Å².